The van der Waals surface area contributed by atoms with Crippen molar-refractivity contribution in [3.05, 3.63) is 101 Å². The molecular formula is C25H23N7O3. The van der Waals surface area contributed by atoms with Gasteiger partial charge in [-0.2, -0.15) is 4.80 Å². The summed E-state index contributed by atoms with van der Waals surface area (Å²) >= 11 is 0. The maximum atomic E-state index is 12.3. The molecule has 0 unspecified atom stereocenters. The first kappa shape index (κ1) is 23.3. The van der Waals surface area contributed by atoms with Gasteiger partial charge in [-0.1, -0.05) is 60.7 Å². The Hall–Kier alpha value is -4.86. The normalized spacial score (nSPS) is 10.4. The summed E-state index contributed by atoms with van der Waals surface area (Å²) in [5.74, 6) is -0.867. The fraction of sp³-hybridized carbons (Fsp3) is 0.120. The average Bonchev–Trinajstić information content (AvgIpc) is 3.35. The lowest BCUT2D eigenvalue weighted by Gasteiger charge is -2.10. The first-order chi connectivity index (χ1) is 17.0. The number of carbonyl (C=O) groups excluding carboxylic acids is 3. The first-order valence-corrected chi connectivity index (χ1v) is 10.8. The molecule has 0 radical (unpaired) electrons. The summed E-state index contributed by atoms with van der Waals surface area (Å²) in [6, 6.07) is 23.4. The molecule has 10 nitrogen and oxygen atoms in total. The number of hydrogen-bond acceptors (Lipinski definition) is 6. The molecule has 3 amide bonds. The van der Waals surface area contributed by atoms with Crippen LogP contribution in [0.1, 0.15) is 31.8 Å². The zero-order chi connectivity index (χ0) is 24.6. The minimum atomic E-state index is -0.552. The van der Waals surface area contributed by atoms with E-state index in [2.05, 4.69) is 31.6 Å². The minimum absolute atomic E-state index is 0.276. The monoisotopic (exact) mass is 469 g/mol. The maximum absolute atomic E-state index is 12.3. The topological polar surface area (TPSA) is 131 Å². The van der Waals surface area contributed by atoms with Gasteiger partial charge >= 0.3 is 0 Å². The van der Waals surface area contributed by atoms with Gasteiger partial charge in [-0.15, -0.1) is 10.2 Å². The number of tetrazole rings is 1. The molecular weight excluding hydrogens is 446 g/mol. The summed E-state index contributed by atoms with van der Waals surface area (Å²) in [7, 11) is 0. The van der Waals surface area contributed by atoms with E-state index in [1.165, 1.54) is 4.80 Å². The minimum Gasteiger partial charge on any atom is -0.343 e. The maximum Gasteiger partial charge on any atom is 0.269 e. The van der Waals surface area contributed by atoms with Crippen molar-refractivity contribution in [2.24, 2.45) is 0 Å². The molecule has 4 aromatic rings. The van der Waals surface area contributed by atoms with Crippen LogP contribution in [0.3, 0.4) is 0 Å². The van der Waals surface area contributed by atoms with E-state index < -0.39 is 11.8 Å². The fourth-order valence-electron chi connectivity index (χ4n) is 3.26. The van der Waals surface area contributed by atoms with Crippen LogP contribution in [0, 0.1) is 6.92 Å². The number of carbonyl (C=O) groups is 3. The molecule has 35 heavy (non-hydrogen) atoms. The summed E-state index contributed by atoms with van der Waals surface area (Å²) in [4.78, 5) is 38.0. The average molecular weight is 470 g/mol. The van der Waals surface area contributed by atoms with Crippen molar-refractivity contribution >= 4 is 17.7 Å². The smallest absolute Gasteiger partial charge is 0.269 e. The van der Waals surface area contributed by atoms with Crippen LogP contribution < -0.4 is 16.2 Å². The predicted octanol–water partition coefficient (Wildman–Crippen LogP) is 1.89. The van der Waals surface area contributed by atoms with E-state index in [-0.39, 0.29) is 12.5 Å². The molecule has 3 N–H and O–H groups in total. The van der Waals surface area contributed by atoms with Crippen LogP contribution in [-0.4, -0.2) is 44.5 Å². The number of benzene rings is 3. The predicted molar refractivity (Wildman–Crippen MR) is 128 cm³/mol. The summed E-state index contributed by atoms with van der Waals surface area (Å²) in [6.07, 6.45) is 0. The van der Waals surface area contributed by atoms with Gasteiger partial charge < -0.3 is 5.32 Å². The number of rotatable bonds is 7. The van der Waals surface area contributed by atoms with Gasteiger partial charge in [-0.3, -0.25) is 25.2 Å². The van der Waals surface area contributed by atoms with Crippen LogP contribution in [0.4, 0.5) is 0 Å². The Balaban J connectivity index is 1.24. The number of aromatic nitrogens is 4. The van der Waals surface area contributed by atoms with E-state index in [1.807, 2.05) is 49.4 Å². The van der Waals surface area contributed by atoms with Crippen molar-refractivity contribution in [2.45, 2.75) is 13.5 Å². The second-order valence-electron chi connectivity index (χ2n) is 7.71. The third-order valence-electron chi connectivity index (χ3n) is 5.14. The molecule has 1 aromatic heterocycles. The van der Waals surface area contributed by atoms with Gasteiger partial charge in [-0.05, 0) is 41.5 Å². The molecule has 0 aliphatic rings. The van der Waals surface area contributed by atoms with Crippen molar-refractivity contribution in [2.75, 3.05) is 6.54 Å². The number of nitrogens with zero attached hydrogens (tertiary/aromatic N) is 4. The zero-order valence-corrected chi connectivity index (χ0v) is 18.9. The second-order valence-corrected chi connectivity index (χ2v) is 7.71. The molecule has 0 spiro atoms. The SMILES string of the molecule is Cc1ccccc1C(=O)NCC(=O)NNC(=O)c1ccc(Cn2nnc(-c3ccccc3)n2)cc1. The van der Waals surface area contributed by atoms with Crippen LogP contribution in [-0.2, 0) is 11.3 Å². The molecule has 3 aromatic carbocycles. The largest absolute Gasteiger partial charge is 0.343 e. The molecule has 0 atom stereocenters. The van der Waals surface area contributed by atoms with Gasteiger partial charge in [0.05, 0.1) is 13.1 Å². The molecule has 0 saturated heterocycles. The Labute approximate surface area is 201 Å². The van der Waals surface area contributed by atoms with Gasteiger partial charge in [0.1, 0.15) is 0 Å². The lowest BCUT2D eigenvalue weighted by Crippen LogP contribution is -2.46. The molecule has 4 rings (SSSR count). The molecule has 0 aliphatic heterocycles. The van der Waals surface area contributed by atoms with Crippen molar-refractivity contribution < 1.29 is 14.4 Å². The summed E-state index contributed by atoms with van der Waals surface area (Å²) in [6.45, 7) is 1.92. The number of hydrazine groups is 1. The fourth-order valence-corrected chi connectivity index (χ4v) is 3.26. The van der Waals surface area contributed by atoms with Crippen molar-refractivity contribution in [3.63, 3.8) is 0 Å². The standard InChI is InChI=1S/C25H23N7O3/c1-17-7-5-6-10-21(17)25(35)26-15-22(33)27-29-24(34)20-13-11-18(12-14-20)16-32-30-23(28-31-32)19-8-3-2-4-9-19/h2-14H,15-16H2,1H3,(H,26,35)(H,27,33)(H,29,34). The molecule has 176 valence electrons. The highest BCUT2D eigenvalue weighted by atomic mass is 16.2. The Morgan fingerprint density at radius 1 is 0.829 bits per heavy atom. The lowest BCUT2D eigenvalue weighted by molar-refractivity contribution is -0.120. The van der Waals surface area contributed by atoms with Crippen molar-refractivity contribution in [3.8, 4) is 11.4 Å². The molecule has 0 saturated carbocycles. The number of hydrogen-bond donors (Lipinski definition) is 3. The molecule has 1 heterocycles. The van der Waals surface area contributed by atoms with Gasteiger partial charge in [0.15, 0.2) is 0 Å². The Morgan fingerprint density at radius 2 is 1.54 bits per heavy atom. The highest BCUT2D eigenvalue weighted by Crippen LogP contribution is 2.13. The second kappa shape index (κ2) is 10.8. The molecule has 10 heteroatoms. The molecule has 0 aliphatic carbocycles. The van der Waals surface area contributed by atoms with Crippen molar-refractivity contribution in [1.82, 2.24) is 36.4 Å². The van der Waals surface area contributed by atoms with Crippen LogP contribution in [0.25, 0.3) is 11.4 Å². The van der Waals surface area contributed by atoms with E-state index in [1.54, 1.807) is 36.4 Å². The van der Waals surface area contributed by atoms with Crippen LogP contribution in [0.5, 0.6) is 0 Å². The first-order valence-electron chi connectivity index (χ1n) is 10.8. The van der Waals surface area contributed by atoms with Gasteiger partial charge in [-0.25, -0.2) is 0 Å². The number of nitrogens with one attached hydrogen (secondary N) is 3. The van der Waals surface area contributed by atoms with Crippen LogP contribution in [0.15, 0.2) is 78.9 Å². The van der Waals surface area contributed by atoms with Crippen molar-refractivity contribution in [1.29, 1.82) is 0 Å². The van der Waals surface area contributed by atoms with Crippen LogP contribution in [0.2, 0.25) is 0 Å². The summed E-state index contributed by atoms with van der Waals surface area (Å²) in [5.41, 5.74) is 8.03. The Bertz CT molecular complexity index is 1330. The van der Waals surface area contributed by atoms with Gasteiger partial charge in [0.25, 0.3) is 17.7 Å². The highest BCUT2D eigenvalue weighted by Gasteiger charge is 2.12. The van der Waals surface area contributed by atoms with E-state index in [9.17, 15) is 14.4 Å². The van der Waals surface area contributed by atoms with E-state index in [0.717, 1.165) is 16.7 Å². The highest BCUT2D eigenvalue weighted by molar-refractivity contribution is 5.98. The Kier molecular flexibility index (Phi) is 7.22. The van der Waals surface area contributed by atoms with Gasteiger partial charge in [0.2, 0.25) is 5.82 Å². The Morgan fingerprint density at radius 3 is 2.29 bits per heavy atom. The van der Waals surface area contributed by atoms with E-state index in [0.29, 0.717) is 23.5 Å². The molecule has 0 fully saturated rings. The molecule has 0 bridgehead atoms. The number of aryl methyl sites for hydroxylation is 1. The van der Waals surface area contributed by atoms with E-state index in [4.69, 9.17) is 0 Å². The summed E-state index contributed by atoms with van der Waals surface area (Å²) in [5, 5.41) is 15.0. The zero-order valence-electron chi connectivity index (χ0n) is 18.9. The van der Waals surface area contributed by atoms with Crippen LogP contribution >= 0.6 is 0 Å². The van der Waals surface area contributed by atoms with Gasteiger partial charge in [0, 0.05) is 16.7 Å². The third kappa shape index (κ3) is 6.14. The quantitative estimate of drug-likeness (QED) is 0.354. The summed E-state index contributed by atoms with van der Waals surface area (Å²) < 4.78 is 0. The van der Waals surface area contributed by atoms with E-state index >= 15 is 0 Å². The lowest BCUT2D eigenvalue weighted by atomic mass is 10.1. The number of amides is 3. The third-order valence-corrected chi connectivity index (χ3v) is 5.14.